The Morgan fingerprint density at radius 2 is 1.28 bits per heavy atom. The minimum atomic E-state index is -1.47. The summed E-state index contributed by atoms with van der Waals surface area (Å²) in [5.74, 6) is 3.73. The van der Waals surface area contributed by atoms with Crippen molar-refractivity contribution in [3.05, 3.63) is 0 Å². The van der Waals surface area contributed by atoms with Gasteiger partial charge in [0.05, 0.1) is 6.10 Å². The minimum absolute atomic E-state index is 0.447. The van der Waals surface area contributed by atoms with Crippen LogP contribution in [0.5, 0.6) is 0 Å². The third-order valence-electron chi connectivity index (χ3n) is 9.55. The Kier molecular flexibility index (Phi) is 5.79. The van der Waals surface area contributed by atoms with Crippen molar-refractivity contribution in [2.75, 3.05) is 0 Å². The van der Waals surface area contributed by atoms with Gasteiger partial charge in [0.25, 0.3) is 0 Å². The molecule has 0 aromatic carbocycles. The van der Waals surface area contributed by atoms with Crippen LogP contribution in [0.15, 0.2) is 0 Å². The molecular weight excluding hydrogens is 388 g/mol. The molecule has 0 N–H and O–H groups in total. The number of hydrogen-bond donors (Lipinski definition) is 0. The first-order valence-corrected chi connectivity index (χ1v) is 19.5. The quantitative estimate of drug-likeness (QED) is 0.425. The molecule has 0 amide bonds. The molecule has 4 heteroatoms. The van der Waals surface area contributed by atoms with Crippen molar-refractivity contribution >= 4 is 16.6 Å². The number of fused-ring (bicyclic) bond motifs is 5. The largest absolute Gasteiger partial charge is 0.415 e. The van der Waals surface area contributed by atoms with Crippen LogP contribution in [0.2, 0.25) is 39.3 Å². The highest BCUT2D eigenvalue weighted by molar-refractivity contribution is 6.70. The number of hydrogen-bond acceptors (Lipinski definition) is 2. The molecule has 0 heterocycles. The summed E-state index contributed by atoms with van der Waals surface area (Å²) in [7, 11) is -2.90. The van der Waals surface area contributed by atoms with E-state index in [-0.39, 0.29) is 0 Å². The molecule has 0 bridgehead atoms. The maximum Gasteiger partial charge on any atom is 0.184 e. The van der Waals surface area contributed by atoms with Gasteiger partial charge in [-0.1, -0.05) is 13.8 Å². The highest BCUT2D eigenvalue weighted by Gasteiger charge is 2.60. The lowest BCUT2D eigenvalue weighted by Gasteiger charge is -2.61. The van der Waals surface area contributed by atoms with Crippen LogP contribution in [-0.2, 0) is 8.85 Å². The van der Waals surface area contributed by atoms with Gasteiger partial charge in [-0.05, 0) is 132 Å². The number of rotatable bonds is 4. The van der Waals surface area contributed by atoms with E-state index in [1.54, 1.807) is 0 Å². The zero-order valence-electron chi connectivity index (χ0n) is 20.6. The van der Waals surface area contributed by atoms with Crippen LogP contribution in [0.4, 0.5) is 0 Å². The van der Waals surface area contributed by atoms with E-state index in [1.165, 1.54) is 57.8 Å². The van der Waals surface area contributed by atoms with Gasteiger partial charge in [0.2, 0.25) is 0 Å². The van der Waals surface area contributed by atoms with Crippen molar-refractivity contribution in [3.63, 3.8) is 0 Å². The molecule has 0 spiro atoms. The van der Waals surface area contributed by atoms with E-state index >= 15 is 0 Å². The molecule has 0 radical (unpaired) electrons. The molecule has 4 saturated carbocycles. The van der Waals surface area contributed by atoms with E-state index in [1.807, 2.05) is 0 Å². The second kappa shape index (κ2) is 7.45. The average molecular weight is 437 g/mol. The third kappa shape index (κ3) is 4.21. The topological polar surface area (TPSA) is 18.5 Å². The summed E-state index contributed by atoms with van der Waals surface area (Å²) in [4.78, 5) is 0. The molecule has 29 heavy (non-hydrogen) atoms. The van der Waals surface area contributed by atoms with E-state index in [0.717, 1.165) is 23.7 Å². The molecule has 168 valence electrons. The van der Waals surface area contributed by atoms with E-state index in [9.17, 15) is 0 Å². The molecule has 4 rings (SSSR count). The summed E-state index contributed by atoms with van der Waals surface area (Å²) in [5.41, 5.74) is 1.02. The predicted octanol–water partition coefficient (Wildman–Crippen LogP) is 7.47. The lowest BCUT2D eigenvalue weighted by molar-refractivity contribution is -0.130. The van der Waals surface area contributed by atoms with Crippen molar-refractivity contribution < 1.29 is 8.85 Å². The highest BCUT2D eigenvalue weighted by Crippen LogP contribution is 2.66. The monoisotopic (exact) mass is 436 g/mol. The minimum Gasteiger partial charge on any atom is -0.415 e. The van der Waals surface area contributed by atoms with Crippen LogP contribution >= 0.6 is 0 Å². The van der Waals surface area contributed by atoms with Gasteiger partial charge in [0, 0.05) is 6.10 Å². The highest BCUT2D eigenvalue weighted by atomic mass is 28.4. The van der Waals surface area contributed by atoms with Gasteiger partial charge in [-0.2, -0.15) is 0 Å². The first kappa shape index (κ1) is 22.5. The molecule has 4 fully saturated rings. The van der Waals surface area contributed by atoms with Gasteiger partial charge in [0.15, 0.2) is 16.6 Å². The Balaban J connectivity index is 1.49. The summed E-state index contributed by atoms with van der Waals surface area (Å²) in [6.07, 6.45) is 13.7. The van der Waals surface area contributed by atoms with Crippen LogP contribution in [0, 0.1) is 34.5 Å². The van der Waals surface area contributed by atoms with Gasteiger partial charge in [0.1, 0.15) is 0 Å². The second-order valence-electron chi connectivity index (χ2n) is 13.6. The Labute approximate surface area is 183 Å². The molecule has 0 saturated heterocycles. The molecule has 0 aromatic rings. The zero-order chi connectivity index (χ0) is 21.2. The van der Waals surface area contributed by atoms with Crippen LogP contribution in [-0.4, -0.2) is 28.8 Å². The standard InChI is InChI=1S/C25H48O2Si2/c1-24-15-13-19(26-28(3,4)5)17-18(24)9-10-20-21-11-12-23(27-29(6,7)8)25(21,2)16-14-22(20)24/h18-23H,9-17H2,1-8H3/t18-,19-,20?,21?,22?,23-,24-,25-/m0/s1. The van der Waals surface area contributed by atoms with Crippen molar-refractivity contribution in [3.8, 4) is 0 Å². The molecule has 8 atom stereocenters. The van der Waals surface area contributed by atoms with Crippen molar-refractivity contribution in [1.29, 1.82) is 0 Å². The van der Waals surface area contributed by atoms with E-state index in [4.69, 9.17) is 8.85 Å². The molecule has 0 aromatic heterocycles. The summed E-state index contributed by atoms with van der Waals surface area (Å²) in [5, 5.41) is 0. The van der Waals surface area contributed by atoms with Gasteiger partial charge in [-0.25, -0.2) is 0 Å². The van der Waals surface area contributed by atoms with Crippen LogP contribution in [0.1, 0.15) is 71.6 Å². The average Bonchev–Trinajstić information content (AvgIpc) is 2.89. The lowest BCUT2D eigenvalue weighted by Crippen LogP contribution is -2.55. The fourth-order valence-corrected chi connectivity index (χ4v) is 10.9. The predicted molar refractivity (Wildman–Crippen MR) is 128 cm³/mol. The smallest absolute Gasteiger partial charge is 0.184 e. The summed E-state index contributed by atoms with van der Waals surface area (Å²) in [6, 6.07) is 0. The maximum absolute atomic E-state index is 6.77. The second-order valence-corrected chi connectivity index (χ2v) is 22.5. The first-order chi connectivity index (χ1) is 13.3. The molecule has 4 aliphatic rings. The summed E-state index contributed by atoms with van der Waals surface area (Å²) >= 11 is 0. The fourth-order valence-electron chi connectivity index (χ4n) is 8.40. The molecule has 0 aliphatic heterocycles. The first-order valence-electron chi connectivity index (χ1n) is 12.7. The van der Waals surface area contributed by atoms with E-state index < -0.39 is 16.6 Å². The van der Waals surface area contributed by atoms with Crippen molar-refractivity contribution in [2.24, 2.45) is 34.5 Å². The lowest BCUT2D eigenvalue weighted by atomic mass is 9.45. The fraction of sp³-hybridized carbons (Fsp3) is 1.00. The van der Waals surface area contributed by atoms with Crippen molar-refractivity contribution in [1.82, 2.24) is 0 Å². The third-order valence-corrected chi connectivity index (χ3v) is 11.6. The summed E-state index contributed by atoms with van der Waals surface area (Å²) in [6.45, 7) is 19.5. The maximum atomic E-state index is 6.77. The van der Waals surface area contributed by atoms with Crippen molar-refractivity contribution in [2.45, 2.75) is 123 Å². The Bertz CT molecular complexity index is 609. The van der Waals surface area contributed by atoms with Crippen LogP contribution < -0.4 is 0 Å². The molecule has 4 aliphatic carbocycles. The normalized spacial score (nSPS) is 48.0. The molecule has 3 unspecified atom stereocenters. The van der Waals surface area contributed by atoms with Gasteiger partial charge >= 0.3 is 0 Å². The SMILES string of the molecule is C[C@]12CCC3C(CC[C@H]4C[C@@H](O[Si](C)(C)C)CC[C@]34C)C1CC[C@@H]2O[Si](C)(C)C. The Hall–Kier alpha value is 0.354. The Morgan fingerprint density at radius 1 is 0.655 bits per heavy atom. The van der Waals surface area contributed by atoms with E-state index in [0.29, 0.717) is 23.0 Å². The molecule has 2 nitrogen and oxygen atoms in total. The van der Waals surface area contributed by atoms with Gasteiger partial charge in [-0.3, -0.25) is 0 Å². The zero-order valence-corrected chi connectivity index (χ0v) is 22.6. The van der Waals surface area contributed by atoms with E-state index in [2.05, 4.69) is 53.1 Å². The Morgan fingerprint density at radius 3 is 1.93 bits per heavy atom. The van der Waals surface area contributed by atoms with Crippen LogP contribution in [0.3, 0.4) is 0 Å². The van der Waals surface area contributed by atoms with Gasteiger partial charge in [-0.15, -0.1) is 0 Å². The van der Waals surface area contributed by atoms with Crippen LogP contribution in [0.25, 0.3) is 0 Å². The van der Waals surface area contributed by atoms with Gasteiger partial charge < -0.3 is 8.85 Å². The summed E-state index contributed by atoms with van der Waals surface area (Å²) < 4.78 is 13.3. The molecular formula is C25H48O2Si2.